The maximum atomic E-state index is 14.1. The third-order valence-electron chi connectivity index (χ3n) is 2.81. The molecule has 0 aliphatic heterocycles. The summed E-state index contributed by atoms with van der Waals surface area (Å²) < 4.78 is 14.1. The van der Waals surface area contributed by atoms with Crippen LogP contribution in [-0.2, 0) is 0 Å². The van der Waals surface area contributed by atoms with Crippen molar-refractivity contribution in [1.29, 1.82) is 0 Å². The zero-order chi connectivity index (χ0) is 9.19. The molecule has 0 bridgehead atoms. The van der Waals surface area contributed by atoms with Gasteiger partial charge in [-0.2, -0.15) is 0 Å². The van der Waals surface area contributed by atoms with Gasteiger partial charge in [-0.1, -0.05) is 33.6 Å². The summed E-state index contributed by atoms with van der Waals surface area (Å²) in [6, 6.07) is 0. The van der Waals surface area contributed by atoms with Crippen LogP contribution in [-0.4, -0.2) is 5.67 Å². The lowest BCUT2D eigenvalue weighted by Crippen LogP contribution is -2.31. The molecule has 0 aromatic heterocycles. The molecule has 0 nitrogen and oxygen atoms in total. The molecule has 0 N–H and O–H groups in total. The molecule has 1 fully saturated rings. The van der Waals surface area contributed by atoms with Crippen molar-refractivity contribution in [2.75, 3.05) is 0 Å². The summed E-state index contributed by atoms with van der Waals surface area (Å²) in [5.41, 5.74) is -0.828. The average molecular weight is 172 g/mol. The van der Waals surface area contributed by atoms with Crippen molar-refractivity contribution in [3.05, 3.63) is 0 Å². The highest BCUT2D eigenvalue weighted by Crippen LogP contribution is 2.39. The number of alkyl halides is 1. The standard InChI is InChI=1S/C11H21F/c1-9(2)7-11(12)6-4-5-10(3)8-11/h9-10H,4-8H2,1-3H3/t10-,11-/m0/s1. The van der Waals surface area contributed by atoms with Crippen molar-refractivity contribution in [2.24, 2.45) is 11.8 Å². The molecule has 2 atom stereocenters. The molecule has 1 heteroatoms. The highest BCUT2D eigenvalue weighted by atomic mass is 19.1. The first kappa shape index (κ1) is 10.0. The summed E-state index contributed by atoms with van der Waals surface area (Å²) in [5.74, 6) is 1.10. The van der Waals surface area contributed by atoms with Crippen LogP contribution in [0.4, 0.5) is 4.39 Å². The average Bonchev–Trinajstić information content (AvgIpc) is 1.82. The first-order valence-corrected chi connectivity index (χ1v) is 5.21. The molecule has 1 aliphatic rings. The van der Waals surface area contributed by atoms with Crippen LogP contribution in [0.2, 0.25) is 0 Å². The van der Waals surface area contributed by atoms with Crippen molar-refractivity contribution in [3.8, 4) is 0 Å². The Kier molecular flexibility index (Phi) is 3.14. The second kappa shape index (κ2) is 3.76. The third kappa shape index (κ3) is 2.76. The van der Waals surface area contributed by atoms with Gasteiger partial charge in [-0.15, -0.1) is 0 Å². The SMILES string of the molecule is CC(C)C[C@@]1(F)CCC[C@H](C)C1. The van der Waals surface area contributed by atoms with Gasteiger partial charge in [-0.3, -0.25) is 0 Å². The summed E-state index contributed by atoms with van der Waals surface area (Å²) in [5, 5.41) is 0. The normalized spacial score (nSPS) is 37.2. The van der Waals surface area contributed by atoms with Gasteiger partial charge in [-0.25, -0.2) is 4.39 Å². The molecular formula is C11H21F. The fourth-order valence-corrected chi connectivity index (χ4v) is 2.51. The molecule has 1 rings (SSSR count). The van der Waals surface area contributed by atoms with Crippen LogP contribution < -0.4 is 0 Å². The Morgan fingerprint density at radius 3 is 2.67 bits per heavy atom. The number of hydrogen-bond acceptors (Lipinski definition) is 0. The van der Waals surface area contributed by atoms with Crippen LogP contribution in [0.3, 0.4) is 0 Å². The van der Waals surface area contributed by atoms with Crippen LogP contribution in [0.1, 0.15) is 52.9 Å². The molecule has 0 spiro atoms. The van der Waals surface area contributed by atoms with Gasteiger partial charge in [-0.05, 0) is 31.1 Å². The maximum Gasteiger partial charge on any atom is 0.111 e. The highest BCUT2D eigenvalue weighted by molar-refractivity contribution is 4.86. The lowest BCUT2D eigenvalue weighted by molar-refractivity contribution is 0.0581. The number of rotatable bonds is 2. The van der Waals surface area contributed by atoms with E-state index in [0.717, 1.165) is 25.7 Å². The van der Waals surface area contributed by atoms with Gasteiger partial charge in [0.15, 0.2) is 0 Å². The van der Waals surface area contributed by atoms with E-state index in [-0.39, 0.29) is 0 Å². The molecule has 72 valence electrons. The van der Waals surface area contributed by atoms with Crippen molar-refractivity contribution in [1.82, 2.24) is 0 Å². The van der Waals surface area contributed by atoms with Crippen molar-refractivity contribution >= 4 is 0 Å². The fourth-order valence-electron chi connectivity index (χ4n) is 2.51. The van der Waals surface area contributed by atoms with Gasteiger partial charge < -0.3 is 0 Å². The number of halogens is 1. The number of hydrogen-bond donors (Lipinski definition) is 0. The fraction of sp³-hybridized carbons (Fsp3) is 1.00. The summed E-state index contributed by atoms with van der Waals surface area (Å²) in [7, 11) is 0. The van der Waals surface area contributed by atoms with E-state index in [1.807, 2.05) is 0 Å². The second-order valence-electron chi connectivity index (χ2n) is 4.95. The predicted octanol–water partition coefficient (Wildman–Crippen LogP) is 3.95. The van der Waals surface area contributed by atoms with E-state index in [1.165, 1.54) is 6.42 Å². The van der Waals surface area contributed by atoms with Crippen molar-refractivity contribution < 1.29 is 4.39 Å². The monoisotopic (exact) mass is 172 g/mol. The molecule has 1 aliphatic carbocycles. The Labute approximate surface area is 75.5 Å². The lowest BCUT2D eigenvalue weighted by atomic mass is 9.76. The minimum Gasteiger partial charge on any atom is -0.244 e. The molecule has 0 aromatic carbocycles. The Morgan fingerprint density at radius 2 is 2.17 bits per heavy atom. The second-order valence-corrected chi connectivity index (χ2v) is 4.95. The molecule has 0 unspecified atom stereocenters. The van der Waals surface area contributed by atoms with E-state index in [1.54, 1.807) is 0 Å². The molecule has 0 aromatic rings. The Bertz CT molecular complexity index is 138. The minimum atomic E-state index is -0.828. The van der Waals surface area contributed by atoms with E-state index in [0.29, 0.717) is 11.8 Å². The van der Waals surface area contributed by atoms with Crippen LogP contribution in [0.25, 0.3) is 0 Å². The van der Waals surface area contributed by atoms with E-state index in [2.05, 4.69) is 20.8 Å². The lowest BCUT2D eigenvalue weighted by Gasteiger charge is -2.34. The first-order valence-electron chi connectivity index (χ1n) is 5.21. The van der Waals surface area contributed by atoms with Crippen LogP contribution >= 0.6 is 0 Å². The molecule has 0 amide bonds. The van der Waals surface area contributed by atoms with E-state index in [9.17, 15) is 4.39 Å². The van der Waals surface area contributed by atoms with E-state index in [4.69, 9.17) is 0 Å². The maximum absolute atomic E-state index is 14.1. The van der Waals surface area contributed by atoms with Gasteiger partial charge in [0.2, 0.25) is 0 Å². The molecule has 0 radical (unpaired) electrons. The Balaban J connectivity index is 2.45. The van der Waals surface area contributed by atoms with Crippen LogP contribution in [0, 0.1) is 11.8 Å². The van der Waals surface area contributed by atoms with Gasteiger partial charge in [0.25, 0.3) is 0 Å². The minimum absolute atomic E-state index is 0.500. The summed E-state index contributed by atoms with van der Waals surface area (Å²) in [6.45, 7) is 6.40. The van der Waals surface area contributed by atoms with Crippen molar-refractivity contribution in [3.63, 3.8) is 0 Å². The Hall–Kier alpha value is -0.0700. The summed E-state index contributed by atoms with van der Waals surface area (Å²) >= 11 is 0. The van der Waals surface area contributed by atoms with Gasteiger partial charge in [0, 0.05) is 0 Å². The molecule has 12 heavy (non-hydrogen) atoms. The molecular weight excluding hydrogens is 151 g/mol. The van der Waals surface area contributed by atoms with Crippen LogP contribution in [0.15, 0.2) is 0 Å². The topological polar surface area (TPSA) is 0 Å². The Morgan fingerprint density at radius 1 is 1.50 bits per heavy atom. The van der Waals surface area contributed by atoms with E-state index < -0.39 is 5.67 Å². The largest absolute Gasteiger partial charge is 0.244 e. The van der Waals surface area contributed by atoms with Gasteiger partial charge >= 0.3 is 0 Å². The first-order chi connectivity index (χ1) is 5.52. The van der Waals surface area contributed by atoms with Crippen LogP contribution in [0.5, 0.6) is 0 Å². The zero-order valence-corrected chi connectivity index (χ0v) is 8.57. The molecule has 1 saturated carbocycles. The summed E-state index contributed by atoms with van der Waals surface area (Å²) in [6.07, 6.45) is 4.67. The molecule has 0 saturated heterocycles. The van der Waals surface area contributed by atoms with Gasteiger partial charge in [0.05, 0.1) is 0 Å². The quantitative estimate of drug-likeness (QED) is 0.591. The third-order valence-corrected chi connectivity index (χ3v) is 2.81. The highest BCUT2D eigenvalue weighted by Gasteiger charge is 2.34. The summed E-state index contributed by atoms with van der Waals surface area (Å²) in [4.78, 5) is 0. The van der Waals surface area contributed by atoms with Gasteiger partial charge in [0.1, 0.15) is 5.67 Å². The predicted molar refractivity (Wildman–Crippen MR) is 50.9 cm³/mol. The smallest absolute Gasteiger partial charge is 0.111 e. The molecule has 0 heterocycles. The van der Waals surface area contributed by atoms with Crippen molar-refractivity contribution in [2.45, 2.75) is 58.5 Å². The zero-order valence-electron chi connectivity index (χ0n) is 8.57. The van der Waals surface area contributed by atoms with E-state index >= 15 is 0 Å².